The molecule has 0 saturated carbocycles. The molecule has 3 aromatic heterocycles. The fraction of sp³-hybridized carbons (Fsp3) is 0.324. The zero-order valence-corrected chi connectivity index (χ0v) is 28.8. The number of nitrogens with zero attached hydrogens (tertiary/aromatic N) is 4. The molecule has 2 N–H and O–H groups in total. The maximum atomic E-state index is 15.0. The number of H-pyrrole nitrogens is 1. The number of nitrogens with one attached hydrogen (secondary N) is 2. The van der Waals surface area contributed by atoms with Crippen molar-refractivity contribution in [3.8, 4) is 28.4 Å². The Morgan fingerprint density at radius 1 is 0.918 bits per heavy atom. The predicted octanol–water partition coefficient (Wildman–Crippen LogP) is 7.98. The maximum absolute atomic E-state index is 15.0. The van der Waals surface area contributed by atoms with Crippen LogP contribution in [0.15, 0.2) is 72.9 Å². The minimum absolute atomic E-state index is 0.0653. The van der Waals surface area contributed by atoms with Crippen LogP contribution in [0.25, 0.3) is 33.5 Å². The molecule has 0 aliphatic heterocycles. The van der Waals surface area contributed by atoms with Crippen molar-refractivity contribution in [2.75, 3.05) is 18.1 Å². The molecule has 0 unspecified atom stereocenters. The molecular formula is C37H41FN6O5. The summed E-state index contributed by atoms with van der Waals surface area (Å²) in [5, 5.41) is 3.47. The monoisotopic (exact) mass is 668 g/mol. The van der Waals surface area contributed by atoms with Gasteiger partial charge in [0.05, 0.1) is 47.6 Å². The van der Waals surface area contributed by atoms with Crippen molar-refractivity contribution < 1.29 is 28.2 Å². The fourth-order valence-corrected chi connectivity index (χ4v) is 4.93. The van der Waals surface area contributed by atoms with E-state index in [9.17, 15) is 9.59 Å². The number of aromatic nitrogens is 4. The lowest BCUT2D eigenvalue weighted by Gasteiger charge is -2.27. The van der Waals surface area contributed by atoms with Crippen molar-refractivity contribution >= 4 is 28.8 Å². The lowest BCUT2D eigenvalue weighted by molar-refractivity contribution is 0.0518. The summed E-state index contributed by atoms with van der Waals surface area (Å²) >= 11 is 0. The first-order valence-corrected chi connectivity index (χ1v) is 15.9. The summed E-state index contributed by atoms with van der Waals surface area (Å²) in [6, 6.07) is 19.3. The number of fused-ring (bicyclic) bond motifs is 1. The van der Waals surface area contributed by atoms with Gasteiger partial charge in [0.15, 0.2) is 0 Å². The number of hydrogen-bond acceptors (Lipinski definition) is 8. The second-order valence-electron chi connectivity index (χ2n) is 13.4. The Balaban J connectivity index is 1.46. The van der Waals surface area contributed by atoms with Crippen LogP contribution in [-0.2, 0) is 16.0 Å². The molecular weight excluding hydrogens is 627 g/mol. The number of aryl methyl sites for hydroxylation is 1. The fourth-order valence-electron chi connectivity index (χ4n) is 4.93. The van der Waals surface area contributed by atoms with E-state index < -0.39 is 29.2 Å². The molecule has 2 aromatic carbocycles. The summed E-state index contributed by atoms with van der Waals surface area (Å²) in [6.07, 6.45) is 0.396. The van der Waals surface area contributed by atoms with Crippen molar-refractivity contribution in [3.63, 3.8) is 0 Å². The van der Waals surface area contributed by atoms with E-state index in [4.69, 9.17) is 24.2 Å². The van der Waals surface area contributed by atoms with Crippen LogP contribution in [0.4, 0.5) is 19.7 Å². The molecule has 256 valence electrons. The van der Waals surface area contributed by atoms with Gasteiger partial charge < -0.3 is 24.5 Å². The molecule has 0 spiro atoms. The Kier molecular flexibility index (Phi) is 10.2. The number of alkyl carbamates (subject to hydrolysis) is 1. The molecule has 0 aliphatic rings. The van der Waals surface area contributed by atoms with Crippen LogP contribution in [0, 0.1) is 12.7 Å². The number of imidazole rings is 1. The Morgan fingerprint density at radius 3 is 2.39 bits per heavy atom. The van der Waals surface area contributed by atoms with E-state index in [1.54, 1.807) is 59.9 Å². The van der Waals surface area contributed by atoms with Crippen LogP contribution in [0.1, 0.15) is 53.1 Å². The molecule has 49 heavy (non-hydrogen) atoms. The highest BCUT2D eigenvalue weighted by Gasteiger charge is 2.27. The number of hydrogen-bond donors (Lipinski definition) is 2. The number of ether oxygens (including phenoxy) is 3. The lowest BCUT2D eigenvalue weighted by atomic mass is 10.1. The van der Waals surface area contributed by atoms with Crippen molar-refractivity contribution in [2.24, 2.45) is 0 Å². The van der Waals surface area contributed by atoms with Crippen molar-refractivity contribution in [3.05, 3.63) is 90.3 Å². The molecule has 5 rings (SSSR count). The maximum Gasteiger partial charge on any atom is 0.415 e. The normalized spacial score (nSPS) is 11.7. The molecule has 0 fully saturated rings. The summed E-state index contributed by atoms with van der Waals surface area (Å²) in [7, 11) is 0. The van der Waals surface area contributed by atoms with Gasteiger partial charge in [0.2, 0.25) is 0 Å². The third kappa shape index (κ3) is 9.31. The van der Waals surface area contributed by atoms with E-state index in [1.807, 2.05) is 49.4 Å². The number of carbonyl (C=O) groups excluding carboxylic acids is 2. The molecule has 12 heteroatoms. The predicted molar refractivity (Wildman–Crippen MR) is 186 cm³/mol. The molecule has 3 heterocycles. The Labute approximate surface area is 284 Å². The number of anilines is 1. The first kappa shape index (κ1) is 34.8. The third-order valence-electron chi connectivity index (χ3n) is 6.93. The summed E-state index contributed by atoms with van der Waals surface area (Å²) in [5.41, 5.74) is 2.84. The van der Waals surface area contributed by atoms with Crippen molar-refractivity contribution in [1.82, 2.24) is 25.3 Å². The second kappa shape index (κ2) is 14.3. The van der Waals surface area contributed by atoms with Gasteiger partial charge in [0.1, 0.15) is 35.2 Å². The highest BCUT2D eigenvalue weighted by Crippen LogP contribution is 2.33. The molecule has 0 saturated heterocycles. The first-order valence-electron chi connectivity index (χ1n) is 15.9. The van der Waals surface area contributed by atoms with Crippen molar-refractivity contribution in [2.45, 2.75) is 66.2 Å². The molecule has 0 radical (unpaired) electrons. The average molecular weight is 669 g/mol. The van der Waals surface area contributed by atoms with Crippen LogP contribution in [0.5, 0.6) is 5.75 Å². The second-order valence-corrected chi connectivity index (χ2v) is 13.4. The highest BCUT2D eigenvalue weighted by molar-refractivity contribution is 5.89. The SMILES string of the molecule is Cc1cccc(-c2[nH]c(CN(C(=O)OC(C)(C)C)c3ccccc3F)nc2-c2ccc3ncc(OCCNC(=O)OC(C)(C)C)cc3c2)n1. The van der Waals surface area contributed by atoms with Crippen LogP contribution in [-0.4, -0.2) is 56.5 Å². The van der Waals surface area contributed by atoms with E-state index in [-0.39, 0.29) is 25.4 Å². The number of halogens is 1. The summed E-state index contributed by atoms with van der Waals surface area (Å²) < 4.78 is 31.8. The van der Waals surface area contributed by atoms with Gasteiger partial charge in [0.25, 0.3) is 0 Å². The largest absolute Gasteiger partial charge is 0.490 e. The van der Waals surface area contributed by atoms with Crippen molar-refractivity contribution in [1.29, 1.82) is 0 Å². The molecule has 0 aliphatic carbocycles. The topological polar surface area (TPSA) is 132 Å². The van der Waals surface area contributed by atoms with Gasteiger partial charge in [-0.2, -0.15) is 0 Å². The van der Waals surface area contributed by atoms with E-state index in [2.05, 4.69) is 15.3 Å². The third-order valence-corrected chi connectivity index (χ3v) is 6.93. The number of amides is 2. The van der Waals surface area contributed by atoms with E-state index in [0.29, 0.717) is 28.7 Å². The number of rotatable bonds is 9. The lowest BCUT2D eigenvalue weighted by Crippen LogP contribution is -2.37. The molecule has 11 nitrogen and oxygen atoms in total. The minimum Gasteiger partial charge on any atom is -0.490 e. The zero-order valence-electron chi connectivity index (χ0n) is 28.8. The van der Waals surface area contributed by atoms with E-state index in [1.165, 1.54) is 17.0 Å². The average Bonchev–Trinajstić information content (AvgIpc) is 3.44. The van der Waals surface area contributed by atoms with Gasteiger partial charge in [-0.05, 0) is 90.9 Å². The summed E-state index contributed by atoms with van der Waals surface area (Å²) in [6.45, 7) is 12.9. The number of aromatic amines is 1. The van der Waals surface area contributed by atoms with Gasteiger partial charge in [-0.15, -0.1) is 0 Å². The summed E-state index contributed by atoms with van der Waals surface area (Å²) in [5.74, 6) is 0.355. The van der Waals surface area contributed by atoms with Crippen LogP contribution < -0.4 is 15.0 Å². The standard InChI is InChI=1S/C37H41FN6O5/c1-23-11-10-13-29(41-23)33-32(42-31(43-33)22-44(35(46)49-37(5,6)7)30-14-9-8-12-27(30)38)24-15-16-28-25(19-24)20-26(21-40-28)47-18-17-39-34(45)48-36(2,3)4/h8-16,19-21H,17-18,22H2,1-7H3,(H,39,45)(H,42,43). The Bertz CT molecular complexity index is 1960. The van der Waals surface area contributed by atoms with Gasteiger partial charge in [-0.1, -0.05) is 24.3 Å². The number of benzene rings is 2. The highest BCUT2D eigenvalue weighted by atomic mass is 19.1. The number of para-hydroxylation sites is 1. The Morgan fingerprint density at radius 2 is 1.67 bits per heavy atom. The van der Waals surface area contributed by atoms with Crippen LogP contribution in [0.3, 0.4) is 0 Å². The van der Waals surface area contributed by atoms with Gasteiger partial charge in [0, 0.05) is 16.6 Å². The molecule has 2 amide bonds. The number of pyridine rings is 2. The van der Waals surface area contributed by atoms with Crippen LogP contribution in [0.2, 0.25) is 0 Å². The smallest absolute Gasteiger partial charge is 0.415 e. The zero-order chi connectivity index (χ0) is 35.3. The molecule has 0 atom stereocenters. The van der Waals surface area contributed by atoms with Crippen LogP contribution >= 0.6 is 0 Å². The van der Waals surface area contributed by atoms with Gasteiger partial charge in [-0.25, -0.2) is 19.0 Å². The van der Waals surface area contributed by atoms with Gasteiger partial charge >= 0.3 is 12.2 Å². The summed E-state index contributed by atoms with van der Waals surface area (Å²) in [4.78, 5) is 44.1. The molecule has 0 bridgehead atoms. The number of carbonyl (C=O) groups is 2. The Hall–Kier alpha value is -5.52. The van der Waals surface area contributed by atoms with Gasteiger partial charge in [-0.3, -0.25) is 14.9 Å². The molecule has 5 aromatic rings. The van der Waals surface area contributed by atoms with E-state index in [0.717, 1.165) is 22.2 Å². The first-order chi connectivity index (χ1) is 23.1. The quantitative estimate of drug-likeness (QED) is 0.151. The van der Waals surface area contributed by atoms with E-state index >= 15 is 4.39 Å². The minimum atomic E-state index is -0.804.